The van der Waals surface area contributed by atoms with E-state index in [2.05, 4.69) is 10.1 Å². The Kier molecular flexibility index (Phi) is 7.23. The van der Waals surface area contributed by atoms with Crippen LogP contribution in [0.5, 0.6) is 0 Å². The molecule has 6 nitrogen and oxygen atoms in total. The Bertz CT molecular complexity index is 664. The van der Waals surface area contributed by atoms with E-state index < -0.39 is 46.9 Å². The molecule has 0 bridgehead atoms. The van der Waals surface area contributed by atoms with Gasteiger partial charge in [-0.1, -0.05) is 20.8 Å². The number of nitrogens with one attached hydrogen (secondary N) is 1. The molecule has 2 atom stereocenters. The highest BCUT2D eigenvalue weighted by atomic mass is 19.1. The zero-order valence-corrected chi connectivity index (χ0v) is 15.1. The quantitative estimate of drug-likeness (QED) is 0.718. The van der Waals surface area contributed by atoms with Crippen LogP contribution < -0.4 is 5.32 Å². The van der Waals surface area contributed by atoms with Gasteiger partial charge in [-0.05, 0) is 29.5 Å². The third-order valence-electron chi connectivity index (χ3n) is 3.92. The molecular weight excluding hydrogens is 348 g/mol. The number of carbonyl (C=O) groups is 3. The van der Waals surface area contributed by atoms with Gasteiger partial charge in [0.05, 0.1) is 19.4 Å². The van der Waals surface area contributed by atoms with E-state index in [1.54, 1.807) is 20.8 Å². The number of ether oxygens (including phenoxy) is 1. The van der Waals surface area contributed by atoms with Gasteiger partial charge < -0.3 is 15.2 Å². The summed E-state index contributed by atoms with van der Waals surface area (Å²) in [6.07, 6.45) is -0.538. The predicted molar refractivity (Wildman–Crippen MR) is 89.2 cm³/mol. The van der Waals surface area contributed by atoms with E-state index in [0.29, 0.717) is 6.07 Å². The molecule has 2 N–H and O–H groups in total. The number of aliphatic carboxylic acids is 1. The van der Waals surface area contributed by atoms with E-state index >= 15 is 0 Å². The van der Waals surface area contributed by atoms with Gasteiger partial charge in [0, 0.05) is 6.07 Å². The summed E-state index contributed by atoms with van der Waals surface area (Å²) in [5.74, 6) is -5.14. The van der Waals surface area contributed by atoms with Crippen LogP contribution in [-0.2, 0) is 25.5 Å². The normalized spacial score (nSPS) is 13.6. The standard InChI is InChI=1S/C18H23F2NO5/c1-18(2,3)13(16(23)24)9-14(17(25)26-4)21-15(22)7-10-5-11(19)8-12(20)6-10/h5-6,8,13-14H,7,9H2,1-4H3,(H,21,22)(H,23,24)/t13?,14-/m0/s1. The zero-order valence-electron chi connectivity index (χ0n) is 15.1. The summed E-state index contributed by atoms with van der Waals surface area (Å²) in [7, 11) is 1.12. The fraction of sp³-hybridized carbons (Fsp3) is 0.500. The molecule has 0 heterocycles. The van der Waals surface area contributed by atoms with Gasteiger partial charge in [-0.2, -0.15) is 0 Å². The number of amides is 1. The van der Waals surface area contributed by atoms with Gasteiger partial charge in [0.2, 0.25) is 5.91 Å². The summed E-state index contributed by atoms with van der Waals surface area (Å²) >= 11 is 0. The van der Waals surface area contributed by atoms with E-state index in [1.807, 2.05) is 0 Å². The Hall–Kier alpha value is -2.51. The molecule has 0 aliphatic carbocycles. The van der Waals surface area contributed by atoms with Crippen LogP contribution >= 0.6 is 0 Å². The minimum absolute atomic E-state index is 0.0919. The summed E-state index contributed by atoms with van der Waals surface area (Å²) < 4.78 is 31.0. The van der Waals surface area contributed by atoms with Crippen molar-refractivity contribution in [3.8, 4) is 0 Å². The van der Waals surface area contributed by atoms with Gasteiger partial charge in [0.25, 0.3) is 0 Å². The molecule has 1 aromatic carbocycles. The number of carboxylic acids is 1. The van der Waals surface area contributed by atoms with Gasteiger partial charge in [-0.15, -0.1) is 0 Å². The lowest BCUT2D eigenvalue weighted by atomic mass is 9.77. The van der Waals surface area contributed by atoms with Crippen LogP contribution in [-0.4, -0.2) is 36.1 Å². The van der Waals surface area contributed by atoms with Crippen molar-refractivity contribution in [2.75, 3.05) is 7.11 Å². The molecule has 0 aliphatic rings. The van der Waals surface area contributed by atoms with Crippen molar-refractivity contribution in [3.63, 3.8) is 0 Å². The molecule has 1 amide bonds. The average Bonchev–Trinajstić information content (AvgIpc) is 2.47. The van der Waals surface area contributed by atoms with Crippen molar-refractivity contribution < 1.29 is 33.0 Å². The van der Waals surface area contributed by atoms with Crippen molar-refractivity contribution >= 4 is 17.8 Å². The number of benzene rings is 1. The van der Waals surface area contributed by atoms with E-state index in [9.17, 15) is 28.3 Å². The summed E-state index contributed by atoms with van der Waals surface area (Å²) in [6, 6.07) is 1.50. The maximum Gasteiger partial charge on any atom is 0.328 e. The molecule has 0 radical (unpaired) electrons. The molecule has 0 aromatic heterocycles. The van der Waals surface area contributed by atoms with E-state index in [1.165, 1.54) is 0 Å². The van der Waals surface area contributed by atoms with Gasteiger partial charge in [-0.3, -0.25) is 9.59 Å². The molecule has 1 rings (SSSR count). The SMILES string of the molecule is COC(=O)[C@H](CC(C(=O)O)C(C)(C)C)NC(=O)Cc1cc(F)cc(F)c1. The summed E-state index contributed by atoms with van der Waals surface area (Å²) in [5, 5.41) is 11.8. The maximum atomic E-state index is 13.2. The molecule has 26 heavy (non-hydrogen) atoms. The van der Waals surface area contributed by atoms with Gasteiger partial charge >= 0.3 is 11.9 Å². The maximum absolute atomic E-state index is 13.2. The van der Waals surface area contributed by atoms with E-state index in [0.717, 1.165) is 19.2 Å². The zero-order chi connectivity index (χ0) is 20.1. The third kappa shape index (κ3) is 6.42. The van der Waals surface area contributed by atoms with Crippen LogP contribution in [0.4, 0.5) is 8.78 Å². The highest BCUT2D eigenvalue weighted by Crippen LogP contribution is 2.30. The first-order valence-electron chi connectivity index (χ1n) is 7.99. The average molecular weight is 371 g/mol. The largest absolute Gasteiger partial charge is 0.481 e. The fourth-order valence-electron chi connectivity index (χ4n) is 2.56. The van der Waals surface area contributed by atoms with Crippen molar-refractivity contribution in [3.05, 3.63) is 35.4 Å². The van der Waals surface area contributed by atoms with Crippen LogP contribution in [0.3, 0.4) is 0 Å². The second-order valence-corrected chi connectivity index (χ2v) is 7.09. The van der Waals surface area contributed by atoms with Gasteiger partial charge in [0.1, 0.15) is 17.7 Å². The monoisotopic (exact) mass is 371 g/mol. The van der Waals surface area contributed by atoms with E-state index in [-0.39, 0.29) is 18.4 Å². The molecule has 0 aliphatic heterocycles. The van der Waals surface area contributed by atoms with Crippen molar-refractivity contribution in [2.45, 2.75) is 39.7 Å². The molecule has 1 aromatic rings. The minimum atomic E-state index is -1.19. The first kappa shape index (κ1) is 21.5. The Balaban J connectivity index is 2.91. The Labute approximate surface area is 150 Å². The number of hydrogen-bond donors (Lipinski definition) is 2. The summed E-state index contributed by atoms with van der Waals surface area (Å²) in [4.78, 5) is 35.6. The minimum Gasteiger partial charge on any atom is -0.481 e. The smallest absolute Gasteiger partial charge is 0.328 e. The molecule has 144 valence electrons. The number of halogens is 2. The van der Waals surface area contributed by atoms with Crippen LogP contribution in [0.15, 0.2) is 18.2 Å². The molecule has 0 saturated heterocycles. The second kappa shape index (κ2) is 8.73. The first-order chi connectivity index (χ1) is 11.9. The number of rotatable bonds is 7. The van der Waals surface area contributed by atoms with Crippen LogP contribution in [0.1, 0.15) is 32.8 Å². The van der Waals surface area contributed by atoms with Crippen LogP contribution in [0, 0.1) is 23.0 Å². The number of carboxylic acid groups (broad SMARTS) is 1. The fourth-order valence-corrected chi connectivity index (χ4v) is 2.56. The molecular formula is C18H23F2NO5. The van der Waals surface area contributed by atoms with E-state index in [4.69, 9.17) is 0 Å². The molecule has 0 spiro atoms. The highest BCUT2D eigenvalue weighted by Gasteiger charge is 2.36. The van der Waals surface area contributed by atoms with Crippen molar-refractivity contribution in [1.82, 2.24) is 5.32 Å². The Morgan fingerprint density at radius 2 is 1.69 bits per heavy atom. The number of methoxy groups -OCH3 is 1. The Morgan fingerprint density at radius 1 is 1.15 bits per heavy atom. The molecule has 8 heteroatoms. The summed E-state index contributed by atoms with van der Waals surface area (Å²) in [6.45, 7) is 5.12. The molecule has 1 unspecified atom stereocenters. The first-order valence-corrected chi connectivity index (χ1v) is 7.99. The molecule has 0 fully saturated rings. The van der Waals surface area contributed by atoms with Gasteiger partial charge in [-0.25, -0.2) is 13.6 Å². The number of carbonyl (C=O) groups excluding carboxylic acids is 2. The van der Waals surface area contributed by atoms with Crippen LogP contribution in [0.2, 0.25) is 0 Å². The van der Waals surface area contributed by atoms with Crippen molar-refractivity contribution in [2.24, 2.45) is 11.3 Å². The topological polar surface area (TPSA) is 92.7 Å². The lowest BCUT2D eigenvalue weighted by Crippen LogP contribution is -2.46. The lowest BCUT2D eigenvalue weighted by Gasteiger charge is -2.29. The summed E-state index contributed by atoms with van der Waals surface area (Å²) in [5.41, 5.74) is -0.566. The van der Waals surface area contributed by atoms with Crippen LogP contribution in [0.25, 0.3) is 0 Å². The molecule has 0 saturated carbocycles. The third-order valence-corrected chi connectivity index (χ3v) is 3.92. The predicted octanol–water partition coefficient (Wildman–Crippen LogP) is 2.30. The lowest BCUT2D eigenvalue weighted by molar-refractivity contribution is -0.150. The number of esters is 1. The second-order valence-electron chi connectivity index (χ2n) is 7.09. The highest BCUT2D eigenvalue weighted by molar-refractivity contribution is 5.86. The van der Waals surface area contributed by atoms with Gasteiger partial charge in [0.15, 0.2) is 0 Å². The van der Waals surface area contributed by atoms with Crippen molar-refractivity contribution in [1.29, 1.82) is 0 Å². The Morgan fingerprint density at radius 3 is 2.12 bits per heavy atom. The number of hydrogen-bond acceptors (Lipinski definition) is 4.